The zero-order valence-corrected chi connectivity index (χ0v) is 20.4. The van der Waals surface area contributed by atoms with Gasteiger partial charge in [-0.05, 0) is 48.0 Å². The number of nitriles is 1. The van der Waals surface area contributed by atoms with Crippen molar-refractivity contribution < 1.29 is 14.3 Å². The number of hydrogen-bond acceptors (Lipinski definition) is 5. The summed E-state index contributed by atoms with van der Waals surface area (Å²) in [5, 5.41) is 13.6. The van der Waals surface area contributed by atoms with Crippen LogP contribution in [0.2, 0.25) is 15.1 Å². The maximum atomic E-state index is 13.1. The predicted molar refractivity (Wildman–Crippen MR) is 130 cm³/mol. The number of halogens is 3. The van der Waals surface area contributed by atoms with E-state index in [2.05, 4.69) is 10.3 Å². The van der Waals surface area contributed by atoms with Crippen molar-refractivity contribution in [1.82, 2.24) is 15.2 Å². The SMILES string of the molecule is CN(C)C(=O)COc1ccc(C(=O)N[C@@H](c2ccc(Cl)c(Cl)c2)c2ccc(Cl)cn2)cc1C#N. The highest BCUT2D eigenvalue weighted by Gasteiger charge is 2.21. The van der Waals surface area contributed by atoms with E-state index in [9.17, 15) is 14.9 Å². The van der Waals surface area contributed by atoms with E-state index in [1.165, 1.54) is 29.3 Å². The molecule has 7 nitrogen and oxygen atoms in total. The molecule has 2 aromatic carbocycles. The largest absolute Gasteiger partial charge is 0.482 e. The summed E-state index contributed by atoms with van der Waals surface area (Å²) in [4.78, 5) is 30.6. The van der Waals surface area contributed by atoms with E-state index in [-0.39, 0.29) is 29.4 Å². The first kappa shape index (κ1) is 25.3. The Bertz CT molecular complexity index is 1260. The number of carbonyl (C=O) groups is 2. The van der Waals surface area contributed by atoms with E-state index in [0.717, 1.165) is 0 Å². The number of rotatable bonds is 7. The number of nitrogens with one attached hydrogen (secondary N) is 1. The van der Waals surface area contributed by atoms with E-state index in [4.69, 9.17) is 39.5 Å². The fraction of sp³-hybridized carbons (Fsp3) is 0.167. The molecule has 0 aliphatic rings. The number of aromatic nitrogens is 1. The predicted octanol–water partition coefficient (Wildman–Crippen LogP) is 4.90. The van der Waals surface area contributed by atoms with Crippen molar-refractivity contribution in [2.45, 2.75) is 6.04 Å². The third-order valence-corrected chi connectivity index (χ3v) is 5.77. The van der Waals surface area contributed by atoms with Gasteiger partial charge < -0.3 is 15.0 Å². The summed E-state index contributed by atoms with van der Waals surface area (Å²) in [6.45, 7) is -0.227. The van der Waals surface area contributed by atoms with Crippen LogP contribution >= 0.6 is 34.8 Å². The molecule has 0 saturated heterocycles. The van der Waals surface area contributed by atoms with Gasteiger partial charge in [-0.25, -0.2) is 0 Å². The summed E-state index contributed by atoms with van der Waals surface area (Å²) in [6.07, 6.45) is 1.47. The Kier molecular flexibility index (Phi) is 8.35. The number of amides is 2. The molecule has 1 atom stereocenters. The first-order chi connectivity index (χ1) is 16.2. The van der Waals surface area contributed by atoms with Crippen LogP contribution in [0.3, 0.4) is 0 Å². The van der Waals surface area contributed by atoms with Gasteiger partial charge in [-0.15, -0.1) is 0 Å². The minimum atomic E-state index is -0.668. The number of hydrogen-bond donors (Lipinski definition) is 1. The Morgan fingerprint density at radius 2 is 1.85 bits per heavy atom. The molecule has 1 heterocycles. The molecule has 0 bridgehead atoms. The Hall–Kier alpha value is -3.31. The maximum absolute atomic E-state index is 13.1. The van der Waals surface area contributed by atoms with E-state index >= 15 is 0 Å². The molecule has 0 aliphatic heterocycles. The Labute approximate surface area is 211 Å². The van der Waals surface area contributed by atoms with Gasteiger partial charge in [0.2, 0.25) is 0 Å². The van der Waals surface area contributed by atoms with Gasteiger partial charge in [0.25, 0.3) is 11.8 Å². The lowest BCUT2D eigenvalue weighted by molar-refractivity contribution is -0.130. The second-order valence-corrected chi connectivity index (χ2v) is 8.63. The third-order valence-electron chi connectivity index (χ3n) is 4.81. The van der Waals surface area contributed by atoms with Crippen molar-refractivity contribution in [1.29, 1.82) is 5.26 Å². The molecule has 34 heavy (non-hydrogen) atoms. The lowest BCUT2D eigenvalue weighted by Crippen LogP contribution is -2.30. The molecule has 3 rings (SSSR count). The lowest BCUT2D eigenvalue weighted by Gasteiger charge is -2.20. The zero-order valence-electron chi connectivity index (χ0n) is 18.2. The molecule has 0 radical (unpaired) electrons. The molecule has 1 aromatic heterocycles. The molecule has 0 fully saturated rings. The van der Waals surface area contributed by atoms with Crippen LogP contribution in [0.15, 0.2) is 54.7 Å². The Balaban J connectivity index is 1.88. The summed E-state index contributed by atoms with van der Waals surface area (Å²) in [5.74, 6) is -0.513. The zero-order chi connectivity index (χ0) is 24.8. The van der Waals surface area contributed by atoms with Crippen LogP contribution in [-0.4, -0.2) is 42.4 Å². The molecular formula is C24H19Cl3N4O3. The second-order valence-electron chi connectivity index (χ2n) is 7.38. The average molecular weight is 518 g/mol. The molecule has 0 saturated carbocycles. The van der Waals surface area contributed by atoms with Gasteiger partial charge in [-0.2, -0.15) is 5.26 Å². The van der Waals surface area contributed by atoms with Gasteiger partial charge in [-0.3, -0.25) is 14.6 Å². The minimum Gasteiger partial charge on any atom is -0.482 e. The molecule has 2 amide bonds. The van der Waals surface area contributed by atoms with Crippen LogP contribution in [0.5, 0.6) is 5.75 Å². The molecule has 1 N–H and O–H groups in total. The minimum absolute atomic E-state index is 0.120. The van der Waals surface area contributed by atoms with Gasteiger partial charge in [-0.1, -0.05) is 40.9 Å². The number of likely N-dealkylation sites (N-methyl/N-ethyl adjacent to an activating group) is 1. The molecular weight excluding hydrogens is 499 g/mol. The number of ether oxygens (including phenoxy) is 1. The van der Waals surface area contributed by atoms with Gasteiger partial charge in [0.1, 0.15) is 11.8 Å². The highest BCUT2D eigenvalue weighted by molar-refractivity contribution is 6.42. The summed E-state index contributed by atoms with van der Waals surface area (Å²) < 4.78 is 5.45. The number of carbonyl (C=O) groups excluding carboxylic acids is 2. The molecule has 0 aliphatic carbocycles. The average Bonchev–Trinajstić information content (AvgIpc) is 2.83. The molecule has 10 heteroatoms. The van der Waals surface area contributed by atoms with Crippen molar-refractivity contribution >= 4 is 46.6 Å². The number of benzene rings is 2. The Morgan fingerprint density at radius 1 is 1.09 bits per heavy atom. The smallest absolute Gasteiger partial charge is 0.259 e. The van der Waals surface area contributed by atoms with Gasteiger partial charge in [0.05, 0.1) is 32.4 Å². The number of nitrogens with zero attached hydrogens (tertiary/aromatic N) is 3. The van der Waals surface area contributed by atoms with Crippen molar-refractivity contribution in [3.63, 3.8) is 0 Å². The van der Waals surface area contributed by atoms with Crippen LogP contribution in [-0.2, 0) is 4.79 Å². The summed E-state index contributed by atoms with van der Waals surface area (Å²) >= 11 is 18.2. The van der Waals surface area contributed by atoms with E-state index in [1.807, 2.05) is 6.07 Å². The monoisotopic (exact) mass is 516 g/mol. The third kappa shape index (κ3) is 6.17. The van der Waals surface area contributed by atoms with Crippen LogP contribution in [0.1, 0.15) is 33.2 Å². The van der Waals surface area contributed by atoms with E-state index in [1.54, 1.807) is 44.4 Å². The quantitative estimate of drug-likeness (QED) is 0.481. The second kappa shape index (κ2) is 11.2. The standard InChI is InChI=1S/C24H19Cl3N4O3/c1-31(2)22(32)13-34-21-8-4-15(9-16(21)11-28)24(33)30-23(20-7-5-17(25)12-29-20)14-3-6-18(26)19(27)10-14/h3-10,12,23H,13H2,1-2H3,(H,30,33)/t23-/m0/s1. The summed E-state index contributed by atoms with van der Waals surface area (Å²) in [7, 11) is 3.20. The molecule has 174 valence electrons. The fourth-order valence-corrected chi connectivity index (χ4v) is 3.36. The molecule has 3 aromatic rings. The van der Waals surface area contributed by atoms with Gasteiger partial charge in [0, 0.05) is 25.9 Å². The van der Waals surface area contributed by atoms with E-state index < -0.39 is 11.9 Å². The van der Waals surface area contributed by atoms with Crippen LogP contribution in [0.25, 0.3) is 0 Å². The molecule has 0 spiro atoms. The normalized spacial score (nSPS) is 11.3. The van der Waals surface area contributed by atoms with Crippen LogP contribution < -0.4 is 10.1 Å². The van der Waals surface area contributed by atoms with Crippen molar-refractivity contribution in [2.24, 2.45) is 0 Å². The van der Waals surface area contributed by atoms with E-state index in [0.29, 0.717) is 26.3 Å². The van der Waals surface area contributed by atoms with Crippen molar-refractivity contribution in [3.05, 3.63) is 92.2 Å². The van der Waals surface area contributed by atoms with Crippen LogP contribution in [0.4, 0.5) is 0 Å². The fourth-order valence-electron chi connectivity index (χ4n) is 2.95. The Morgan fingerprint density at radius 3 is 2.47 bits per heavy atom. The molecule has 0 unspecified atom stereocenters. The summed E-state index contributed by atoms with van der Waals surface area (Å²) in [6, 6.07) is 14.1. The maximum Gasteiger partial charge on any atom is 0.259 e. The highest BCUT2D eigenvalue weighted by atomic mass is 35.5. The highest BCUT2D eigenvalue weighted by Crippen LogP contribution is 2.29. The van der Waals surface area contributed by atoms with Crippen molar-refractivity contribution in [3.8, 4) is 11.8 Å². The van der Waals surface area contributed by atoms with Gasteiger partial charge >= 0.3 is 0 Å². The number of pyridine rings is 1. The lowest BCUT2D eigenvalue weighted by atomic mass is 10.0. The first-order valence-corrected chi connectivity index (χ1v) is 11.1. The van der Waals surface area contributed by atoms with Crippen molar-refractivity contribution in [2.75, 3.05) is 20.7 Å². The van der Waals surface area contributed by atoms with Crippen LogP contribution in [0, 0.1) is 11.3 Å². The topological polar surface area (TPSA) is 95.3 Å². The van der Waals surface area contributed by atoms with Gasteiger partial charge in [0.15, 0.2) is 6.61 Å². The summed E-state index contributed by atoms with van der Waals surface area (Å²) in [5.41, 5.74) is 1.52. The first-order valence-electron chi connectivity index (χ1n) is 9.94.